The molecule has 1 aromatic carbocycles. The Morgan fingerprint density at radius 1 is 1.16 bits per heavy atom. The summed E-state index contributed by atoms with van der Waals surface area (Å²) < 4.78 is 38.2. The first-order valence-corrected chi connectivity index (χ1v) is 7.17. The molecule has 0 aromatic heterocycles. The number of para-hydroxylation sites is 1. The highest BCUT2D eigenvalue weighted by Gasteiger charge is 2.16. The first-order chi connectivity index (χ1) is 11.9. The van der Waals surface area contributed by atoms with Gasteiger partial charge in [-0.15, -0.1) is 0 Å². The Morgan fingerprint density at radius 3 is 2.56 bits per heavy atom. The van der Waals surface area contributed by atoms with Crippen molar-refractivity contribution in [1.82, 2.24) is 10.6 Å². The maximum Gasteiger partial charge on any atom is 0.387 e. The lowest BCUT2D eigenvalue weighted by atomic mass is 10.2. The zero-order valence-corrected chi connectivity index (χ0v) is 13.4. The average molecular weight is 360 g/mol. The van der Waals surface area contributed by atoms with E-state index in [-0.39, 0.29) is 17.9 Å². The molecule has 0 saturated carbocycles. The van der Waals surface area contributed by atoms with Crippen molar-refractivity contribution in [3.05, 3.63) is 29.8 Å². The van der Waals surface area contributed by atoms with Gasteiger partial charge < -0.3 is 24.8 Å². The summed E-state index contributed by atoms with van der Waals surface area (Å²) >= 11 is 0. The molecule has 2 amide bonds. The molecule has 10 heteroatoms. The van der Waals surface area contributed by atoms with E-state index < -0.39 is 37.5 Å². The van der Waals surface area contributed by atoms with Crippen molar-refractivity contribution < 1.29 is 37.4 Å². The fraction of sp³-hybridized carbons (Fsp3) is 0.400. The lowest BCUT2D eigenvalue weighted by Crippen LogP contribution is -2.35. The standard InChI is InChI=1S/C15H18F2N2O6/c1-23-7-6-18-12(20)9-24-13(21)8-19-14(22)10-4-2-3-5-11(10)25-15(16)17/h2-5,15H,6-9H2,1H3,(H,18,20)(H,19,22). The SMILES string of the molecule is COCCNC(=O)COC(=O)CNC(=O)c1ccccc1OC(F)F. The number of methoxy groups -OCH3 is 1. The van der Waals surface area contributed by atoms with Gasteiger partial charge in [0, 0.05) is 13.7 Å². The highest BCUT2D eigenvalue weighted by molar-refractivity contribution is 5.98. The largest absolute Gasteiger partial charge is 0.454 e. The van der Waals surface area contributed by atoms with Gasteiger partial charge in [-0.3, -0.25) is 14.4 Å². The molecule has 0 heterocycles. The van der Waals surface area contributed by atoms with Crippen LogP contribution in [0.3, 0.4) is 0 Å². The molecule has 1 aromatic rings. The van der Waals surface area contributed by atoms with Crippen LogP contribution in [0.1, 0.15) is 10.4 Å². The minimum absolute atomic E-state index is 0.159. The molecule has 0 spiro atoms. The molecule has 138 valence electrons. The fourth-order valence-corrected chi connectivity index (χ4v) is 1.64. The lowest BCUT2D eigenvalue weighted by Gasteiger charge is -2.10. The second-order valence-electron chi connectivity index (χ2n) is 4.56. The summed E-state index contributed by atoms with van der Waals surface area (Å²) in [4.78, 5) is 34.7. The summed E-state index contributed by atoms with van der Waals surface area (Å²) in [6.45, 7) is -3.55. The van der Waals surface area contributed by atoms with E-state index in [1.54, 1.807) is 0 Å². The number of nitrogens with one attached hydrogen (secondary N) is 2. The van der Waals surface area contributed by atoms with Crippen molar-refractivity contribution in [3.63, 3.8) is 0 Å². The number of carbonyl (C=O) groups is 3. The summed E-state index contributed by atoms with van der Waals surface area (Å²) in [5.41, 5.74) is -0.159. The van der Waals surface area contributed by atoms with Crippen LogP contribution in [-0.4, -0.2) is 57.8 Å². The molecule has 25 heavy (non-hydrogen) atoms. The van der Waals surface area contributed by atoms with E-state index in [9.17, 15) is 23.2 Å². The summed E-state index contributed by atoms with van der Waals surface area (Å²) in [7, 11) is 1.47. The molecule has 0 aliphatic heterocycles. The van der Waals surface area contributed by atoms with Crippen LogP contribution in [0.4, 0.5) is 8.78 Å². The number of hydrogen-bond donors (Lipinski definition) is 2. The first-order valence-electron chi connectivity index (χ1n) is 7.17. The Labute approximate surface area is 142 Å². The predicted molar refractivity (Wildman–Crippen MR) is 81.3 cm³/mol. The minimum Gasteiger partial charge on any atom is -0.454 e. The van der Waals surface area contributed by atoms with Gasteiger partial charge in [-0.2, -0.15) is 8.78 Å². The Balaban J connectivity index is 2.41. The van der Waals surface area contributed by atoms with E-state index in [1.807, 2.05) is 0 Å². The third kappa shape index (κ3) is 8.06. The van der Waals surface area contributed by atoms with E-state index in [2.05, 4.69) is 20.1 Å². The summed E-state index contributed by atoms with van der Waals surface area (Å²) in [6.07, 6.45) is 0. The molecule has 2 N–H and O–H groups in total. The van der Waals surface area contributed by atoms with Gasteiger partial charge in [0.1, 0.15) is 12.3 Å². The summed E-state index contributed by atoms with van der Waals surface area (Å²) in [5.74, 6) is -2.49. The normalized spacial score (nSPS) is 10.2. The highest BCUT2D eigenvalue weighted by Crippen LogP contribution is 2.19. The van der Waals surface area contributed by atoms with Crippen molar-refractivity contribution >= 4 is 17.8 Å². The Bertz CT molecular complexity index is 597. The van der Waals surface area contributed by atoms with Crippen molar-refractivity contribution in [3.8, 4) is 5.75 Å². The third-order valence-electron chi connectivity index (χ3n) is 2.73. The van der Waals surface area contributed by atoms with E-state index in [0.29, 0.717) is 6.61 Å². The zero-order chi connectivity index (χ0) is 18.7. The Kier molecular flexibility index (Phi) is 8.86. The van der Waals surface area contributed by atoms with Crippen molar-refractivity contribution in [2.24, 2.45) is 0 Å². The highest BCUT2D eigenvalue weighted by atomic mass is 19.3. The van der Waals surface area contributed by atoms with Crippen LogP contribution in [-0.2, 0) is 19.1 Å². The molecular formula is C15H18F2N2O6. The van der Waals surface area contributed by atoms with Gasteiger partial charge in [0.15, 0.2) is 6.61 Å². The maximum absolute atomic E-state index is 12.3. The maximum atomic E-state index is 12.3. The number of ether oxygens (including phenoxy) is 3. The van der Waals surface area contributed by atoms with Gasteiger partial charge in [-0.1, -0.05) is 12.1 Å². The van der Waals surface area contributed by atoms with Gasteiger partial charge in [-0.05, 0) is 12.1 Å². The van der Waals surface area contributed by atoms with Crippen LogP contribution in [0.25, 0.3) is 0 Å². The minimum atomic E-state index is -3.09. The lowest BCUT2D eigenvalue weighted by molar-refractivity contribution is -0.147. The van der Waals surface area contributed by atoms with Gasteiger partial charge in [0.05, 0.1) is 12.2 Å². The zero-order valence-electron chi connectivity index (χ0n) is 13.4. The monoisotopic (exact) mass is 360 g/mol. The topological polar surface area (TPSA) is 103 Å². The molecule has 1 rings (SSSR count). The number of amides is 2. The number of rotatable bonds is 10. The number of benzene rings is 1. The molecule has 0 unspecified atom stereocenters. The number of halogens is 2. The Morgan fingerprint density at radius 2 is 1.88 bits per heavy atom. The van der Waals surface area contributed by atoms with Gasteiger partial charge in [-0.25, -0.2) is 0 Å². The molecule has 0 radical (unpaired) electrons. The van der Waals surface area contributed by atoms with E-state index >= 15 is 0 Å². The molecule has 0 bridgehead atoms. The summed E-state index contributed by atoms with van der Waals surface area (Å²) in [5, 5.41) is 4.64. The van der Waals surface area contributed by atoms with E-state index in [4.69, 9.17) is 4.74 Å². The molecule has 0 saturated heterocycles. The van der Waals surface area contributed by atoms with E-state index in [0.717, 1.165) is 0 Å². The van der Waals surface area contributed by atoms with Crippen LogP contribution >= 0.6 is 0 Å². The van der Waals surface area contributed by atoms with Crippen molar-refractivity contribution in [2.75, 3.05) is 33.4 Å². The molecule has 0 fully saturated rings. The molecule has 0 aliphatic rings. The average Bonchev–Trinajstić information content (AvgIpc) is 2.58. The van der Waals surface area contributed by atoms with Crippen LogP contribution in [0.5, 0.6) is 5.75 Å². The van der Waals surface area contributed by atoms with E-state index in [1.165, 1.54) is 31.4 Å². The van der Waals surface area contributed by atoms with Crippen molar-refractivity contribution in [2.45, 2.75) is 6.61 Å². The third-order valence-corrected chi connectivity index (χ3v) is 2.73. The van der Waals surface area contributed by atoms with Crippen LogP contribution < -0.4 is 15.4 Å². The molecule has 0 atom stereocenters. The van der Waals surface area contributed by atoms with Crippen LogP contribution in [0, 0.1) is 0 Å². The van der Waals surface area contributed by atoms with Crippen LogP contribution in [0.15, 0.2) is 24.3 Å². The number of hydrogen-bond acceptors (Lipinski definition) is 6. The molecule has 8 nitrogen and oxygen atoms in total. The quantitative estimate of drug-likeness (QED) is 0.460. The molecule has 0 aliphatic carbocycles. The Hall–Kier alpha value is -2.75. The molecular weight excluding hydrogens is 342 g/mol. The number of carbonyl (C=O) groups excluding carboxylic acids is 3. The van der Waals surface area contributed by atoms with Crippen molar-refractivity contribution in [1.29, 1.82) is 0 Å². The number of esters is 1. The van der Waals surface area contributed by atoms with Crippen LogP contribution in [0.2, 0.25) is 0 Å². The second-order valence-corrected chi connectivity index (χ2v) is 4.56. The van der Waals surface area contributed by atoms with Gasteiger partial charge >= 0.3 is 12.6 Å². The number of alkyl halides is 2. The van der Waals surface area contributed by atoms with Gasteiger partial charge in [0.25, 0.3) is 11.8 Å². The van der Waals surface area contributed by atoms with Gasteiger partial charge in [0.2, 0.25) is 0 Å². The fourth-order valence-electron chi connectivity index (χ4n) is 1.64. The second kappa shape index (κ2) is 10.9. The summed E-state index contributed by atoms with van der Waals surface area (Å²) in [6, 6.07) is 5.34. The smallest absolute Gasteiger partial charge is 0.387 e. The predicted octanol–water partition coefficient (Wildman–Crippen LogP) is 0.324. The first kappa shape index (κ1) is 20.3.